The molecule has 20 heavy (non-hydrogen) atoms. The van der Waals surface area contributed by atoms with Crippen molar-refractivity contribution in [1.82, 2.24) is 10.3 Å². The second kappa shape index (κ2) is 6.23. The lowest BCUT2D eigenvalue weighted by molar-refractivity contribution is 0.0932. The van der Waals surface area contributed by atoms with Crippen molar-refractivity contribution < 1.29 is 4.79 Å². The van der Waals surface area contributed by atoms with E-state index in [-0.39, 0.29) is 17.9 Å². The molecule has 0 saturated carbocycles. The number of alkyl halides is 1. The molecule has 2 unspecified atom stereocenters. The third-order valence-electron chi connectivity index (χ3n) is 3.54. The number of para-hydroxylation sites is 1. The molecular formula is C16H19ClN2O. The van der Waals surface area contributed by atoms with Crippen LogP contribution in [-0.4, -0.2) is 22.8 Å². The van der Waals surface area contributed by atoms with Gasteiger partial charge in [-0.1, -0.05) is 25.1 Å². The zero-order chi connectivity index (χ0) is 14.7. The average Bonchev–Trinajstić information content (AvgIpc) is 2.45. The summed E-state index contributed by atoms with van der Waals surface area (Å²) in [5.74, 6) is 0.684. The molecule has 106 valence electrons. The number of hydrogen-bond acceptors (Lipinski definition) is 2. The number of nitrogens with one attached hydrogen (secondary N) is 1. The second-order valence-corrected chi connectivity index (χ2v) is 5.53. The number of benzene rings is 1. The van der Waals surface area contributed by atoms with Crippen LogP contribution in [0.4, 0.5) is 0 Å². The molecule has 4 heteroatoms. The highest BCUT2D eigenvalue weighted by atomic mass is 35.5. The number of aryl methyl sites for hydroxylation is 1. The Balaban J connectivity index is 2.35. The molecule has 2 rings (SSSR count). The molecule has 1 heterocycles. The van der Waals surface area contributed by atoms with Crippen molar-refractivity contribution in [2.45, 2.75) is 26.8 Å². The number of halogens is 1. The largest absolute Gasteiger partial charge is 0.349 e. The number of pyridine rings is 1. The summed E-state index contributed by atoms with van der Waals surface area (Å²) < 4.78 is 0. The van der Waals surface area contributed by atoms with Crippen molar-refractivity contribution in [2.75, 3.05) is 5.88 Å². The van der Waals surface area contributed by atoms with Crippen LogP contribution in [0.5, 0.6) is 0 Å². The SMILES string of the molecule is Cc1cc(C(=O)NC(C)C(C)CCl)c2ccccc2n1. The van der Waals surface area contributed by atoms with Gasteiger partial charge in [-0.05, 0) is 31.9 Å². The van der Waals surface area contributed by atoms with Crippen LogP contribution in [0.2, 0.25) is 0 Å². The van der Waals surface area contributed by atoms with E-state index in [1.165, 1.54) is 0 Å². The summed E-state index contributed by atoms with van der Waals surface area (Å²) in [4.78, 5) is 16.9. The third kappa shape index (κ3) is 3.10. The van der Waals surface area contributed by atoms with Gasteiger partial charge in [0.05, 0.1) is 11.1 Å². The van der Waals surface area contributed by atoms with Crippen LogP contribution in [0.25, 0.3) is 10.9 Å². The summed E-state index contributed by atoms with van der Waals surface area (Å²) >= 11 is 5.84. The molecule has 1 amide bonds. The first-order valence-electron chi connectivity index (χ1n) is 6.76. The highest BCUT2D eigenvalue weighted by molar-refractivity contribution is 6.18. The summed E-state index contributed by atoms with van der Waals surface area (Å²) in [6.45, 7) is 5.89. The molecule has 0 radical (unpaired) electrons. The van der Waals surface area contributed by atoms with Crippen molar-refractivity contribution in [3.8, 4) is 0 Å². The molecule has 0 saturated heterocycles. The summed E-state index contributed by atoms with van der Waals surface area (Å²) in [5, 5.41) is 3.89. The van der Waals surface area contributed by atoms with Gasteiger partial charge in [0.15, 0.2) is 0 Å². The van der Waals surface area contributed by atoms with Gasteiger partial charge >= 0.3 is 0 Å². The maximum absolute atomic E-state index is 12.5. The Kier molecular flexibility index (Phi) is 4.61. The van der Waals surface area contributed by atoms with Crippen molar-refractivity contribution in [2.24, 2.45) is 5.92 Å². The Morgan fingerprint density at radius 2 is 2.05 bits per heavy atom. The number of rotatable bonds is 4. The molecule has 1 N–H and O–H groups in total. The number of aromatic nitrogens is 1. The Morgan fingerprint density at radius 3 is 2.75 bits per heavy atom. The Bertz CT molecular complexity index is 627. The van der Waals surface area contributed by atoms with Gasteiger partial charge in [0.2, 0.25) is 0 Å². The van der Waals surface area contributed by atoms with E-state index < -0.39 is 0 Å². The van der Waals surface area contributed by atoms with E-state index in [1.54, 1.807) is 0 Å². The fourth-order valence-corrected chi connectivity index (χ4v) is 2.32. The van der Waals surface area contributed by atoms with Crippen LogP contribution in [0.15, 0.2) is 30.3 Å². The minimum Gasteiger partial charge on any atom is -0.349 e. The van der Waals surface area contributed by atoms with Gasteiger partial charge in [-0.2, -0.15) is 0 Å². The fraction of sp³-hybridized carbons (Fsp3) is 0.375. The quantitative estimate of drug-likeness (QED) is 0.875. The van der Waals surface area contributed by atoms with E-state index in [4.69, 9.17) is 11.6 Å². The van der Waals surface area contributed by atoms with E-state index in [0.29, 0.717) is 11.4 Å². The predicted octanol–water partition coefficient (Wildman–Crippen LogP) is 3.54. The Hall–Kier alpha value is -1.61. The summed E-state index contributed by atoms with van der Waals surface area (Å²) in [5.41, 5.74) is 2.35. The molecular weight excluding hydrogens is 272 g/mol. The number of carbonyl (C=O) groups excluding carboxylic acids is 1. The molecule has 0 aliphatic rings. The van der Waals surface area contributed by atoms with Gasteiger partial charge in [0, 0.05) is 23.0 Å². The van der Waals surface area contributed by atoms with Crippen LogP contribution in [-0.2, 0) is 0 Å². The van der Waals surface area contributed by atoms with Crippen LogP contribution < -0.4 is 5.32 Å². The molecule has 0 fully saturated rings. The van der Waals surface area contributed by atoms with Gasteiger partial charge in [0.25, 0.3) is 5.91 Å². The van der Waals surface area contributed by atoms with Gasteiger partial charge in [-0.3, -0.25) is 9.78 Å². The molecule has 3 nitrogen and oxygen atoms in total. The summed E-state index contributed by atoms with van der Waals surface area (Å²) in [7, 11) is 0. The molecule has 2 atom stereocenters. The molecule has 2 aromatic rings. The number of amides is 1. The lowest BCUT2D eigenvalue weighted by Crippen LogP contribution is -2.37. The van der Waals surface area contributed by atoms with Crippen LogP contribution in [0, 0.1) is 12.8 Å². The van der Waals surface area contributed by atoms with Crippen molar-refractivity contribution >= 4 is 28.4 Å². The number of nitrogens with zero attached hydrogens (tertiary/aromatic N) is 1. The molecule has 0 aliphatic carbocycles. The first-order valence-corrected chi connectivity index (χ1v) is 7.29. The monoisotopic (exact) mass is 290 g/mol. The Labute approximate surface area is 124 Å². The standard InChI is InChI=1S/C16H19ClN2O/c1-10(9-17)12(3)19-16(20)14-8-11(2)18-15-7-5-4-6-13(14)15/h4-8,10,12H,9H2,1-3H3,(H,19,20). The highest BCUT2D eigenvalue weighted by Gasteiger charge is 2.17. The molecule has 1 aromatic carbocycles. The maximum atomic E-state index is 12.5. The smallest absolute Gasteiger partial charge is 0.252 e. The topological polar surface area (TPSA) is 42.0 Å². The van der Waals surface area contributed by atoms with Gasteiger partial charge in [-0.25, -0.2) is 0 Å². The van der Waals surface area contributed by atoms with E-state index in [1.807, 2.05) is 51.1 Å². The molecule has 0 aliphatic heterocycles. The molecule has 0 spiro atoms. The first kappa shape index (κ1) is 14.8. The van der Waals surface area contributed by atoms with E-state index in [2.05, 4.69) is 10.3 Å². The van der Waals surface area contributed by atoms with Gasteiger partial charge in [-0.15, -0.1) is 11.6 Å². The number of hydrogen-bond donors (Lipinski definition) is 1. The lowest BCUT2D eigenvalue weighted by Gasteiger charge is -2.19. The van der Waals surface area contributed by atoms with E-state index in [0.717, 1.165) is 16.6 Å². The molecule has 1 aromatic heterocycles. The van der Waals surface area contributed by atoms with E-state index >= 15 is 0 Å². The average molecular weight is 291 g/mol. The lowest BCUT2D eigenvalue weighted by atomic mass is 10.0. The van der Waals surface area contributed by atoms with Gasteiger partial charge in [0.1, 0.15) is 0 Å². The highest BCUT2D eigenvalue weighted by Crippen LogP contribution is 2.18. The van der Waals surface area contributed by atoms with Crippen molar-refractivity contribution in [3.63, 3.8) is 0 Å². The van der Waals surface area contributed by atoms with E-state index in [9.17, 15) is 4.79 Å². The zero-order valence-corrected chi connectivity index (χ0v) is 12.7. The zero-order valence-electron chi connectivity index (χ0n) is 12.0. The predicted molar refractivity (Wildman–Crippen MR) is 83.3 cm³/mol. The van der Waals surface area contributed by atoms with Crippen LogP contribution >= 0.6 is 11.6 Å². The third-order valence-corrected chi connectivity index (χ3v) is 4.03. The number of carbonyl (C=O) groups is 1. The number of fused-ring (bicyclic) bond motifs is 1. The second-order valence-electron chi connectivity index (χ2n) is 5.22. The maximum Gasteiger partial charge on any atom is 0.252 e. The molecule has 0 bridgehead atoms. The fourth-order valence-electron chi connectivity index (χ4n) is 2.06. The van der Waals surface area contributed by atoms with Crippen LogP contribution in [0.3, 0.4) is 0 Å². The minimum absolute atomic E-state index is 0.0345. The van der Waals surface area contributed by atoms with Crippen molar-refractivity contribution in [1.29, 1.82) is 0 Å². The van der Waals surface area contributed by atoms with Crippen molar-refractivity contribution in [3.05, 3.63) is 41.6 Å². The Morgan fingerprint density at radius 1 is 1.35 bits per heavy atom. The minimum atomic E-state index is -0.0730. The van der Waals surface area contributed by atoms with Gasteiger partial charge < -0.3 is 5.32 Å². The van der Waals surface area contributed by atoms with Crippen LogP contribution in [0.1, 0.15) is 29.9 Å². The summed E-state index contributed by atoms with van der Waals surface area (Å²) in [6, 6.07) is 9.55. The normalized spacial score (nSPS) is 14.0. The first-order chi connectivity index (χ1) is 9.52. The summed E-state index contributed by atoms with van der Waals surface area (Å²) in [6.07, 6.45) is 0.